The molecule has 0 radical (unpaired) electrons. The largest absolute Gasteiger partial charge is 0.574 e. The maximum absolute atomic E-state index is 12.4. The second-order valence-electron chi connectivity index (χ2n) is 2.82. The number of hydrogen-bond acceptors (Lipinski definition) is 4. The Morgan fingerprint density at radius 1 is 1.41 bits per heavy atom. The van der Waals surface area contributed by atoms with E-state index < -0.39 is 35.6 Å². The minimum absolute atomic E-state index is 0.103. The lowest BCUT2D eigenvalue weighted by atomic mass is 10.2. The molecular weight excluding hydrogens is 251 g/mol. The minimum atomic E-state index is -5.17. The van der Waals surface area contributed by atoms with E-state index in [1.165, 1.54) is 0 Å². The van der Waals surface area contributed by atoms with Crippen LogP contribution < -0.4 is 10.5 Å². The van der Waals surface area contributed by atoms with Gasteiger partial charge in [0.15, 0.2) is 6.29 Å². The summed E-state index contributed by atoms with van der Waals surface area (Å²) in [7, 11) is 0. The molecular formula is C8H5F5N2O2. The standard InChI is InChI=1S/C8H5F5N2O2/c9-5(10)4-1-3(2-16)6(14)15-7(4)17-8(11,12)13/h1-2,5H,(H2,14,15). The van der Waals surface area contributed by atoms with Crippen LogP contribution in [0.2, 0.25) is 0 Å². The van der Waals surface area contributed by atoms with Crippen LogP contribution in [0.4, 0.5) is 27.8 Å². The summed E-state index contributed by atoms with van der Waals surface area (Å²) in [6.07, 6.45) is -8.35. The van der Waals surface area contributed by atoms with E-state index in [-0.39, 0.29) is 6.29 Å². The van der Waals surface area contributed by atoms with Gasteiger partial charge >= 0.3 is 6.36 Å². The van der Waals surface area contributed by atoms with Crippen molar-refractivity contribution in [1.82, 2.24) is 4.98 Å². The van der Waals surface area contributed by atoms with Gasteiger partial charge in [-0.3, -0.25) is 4.79 Å². The van der Waals surface area contributed by atoms with Crippen molar-refractivity contribution in [2.45, 2.75) is 12.8 Å². The van der Waals surface area contributed by atoms with Crippen molar-refractivity contribution >= 4 is 12.1 Å². The zero-order valence-electron chi connectivity index (χ0n) is 7.96. The predicted octanol–water partition coefficient (Wildman–Crippen LogP) is 2.31. The molecule has 0 aromatic carbocycles. The van der Waals surface area contributed by atoms with Crippen molar-refractivity contribution in [1.29, 1.82) is 0 Å². The van der Waals surface area contributed by atoms with Crippen molar-refractivity contribution in [2.24, 2.45) is 0 Å². The Bertz CT molecular complexity index is 433. The summed E-state index contributed by atoms with van der Waals surface area (Å²) >= 11 is 0. The molecule has 94 valence electrons. The first-order chi connectivity index (χ1) is 7.74. The van der Waals surface area contributed by atoms with E-state index in [2.05, 4.69) is 9.72 Å². The molecule has 0 aliphatic rings. The van der Waals surface area contributed by atoms with Crippen LogP contribution in [-0.4, -0.2) is 17.6 Å². The fourth-order valence-corrected chi connectivity index (χ4v) is 0.984. The normalized spacial score (nSPS) is 11.6. The number of anilines is 1. The molecule has 0 unspecified atom stereocenters. The number of carbonyl (C=O) groups excluding carboxylic acids is 1. The van der Waals surface area contributed by atoms with Crippen LogP contribution in [0.5, 0.6) is 5.88 Å². The zero-order chi connectivity index (χ0) is 13.2. The van der Waals surface area contributed by atoms with Crippen LogP contribution in [0, 0.1) is 0 Å². The molecule has 1 heterocycles. The summed E-state index contributed by atoms with van der Waals surface area (Å²) in [6, 6.07) is 0.501. The molecule has 0 atom stereocenters. The van der Waals surface area contributed by atoms with Crippen LogP contribution >= 0.6 is 0 Å². The average molecular weight is 256 g/mol. The first kappa shape index (κ1) is 13.1. The fourth-order valence-electron chi connectivity index (χ4n) is 0.984. The van der Waals surface area contributed by atoms with Crippen LogP contribution in [0.1, 0.15) is 22.3 Å². The highest BCUT2D eigenvalue weighted by Gasteiger charge is 2.34. The van der Waals surface area contributed by atoms with Gasteiger partial charge < -0.3 is 10.5 Å². The number of nitrogens with two attached hydrogens (primary N) is 1. The number of aldehydes is 1. The van der Waals surface area contributed by atoms with Gasteiger partial charge in [-0.2, -0.15) is 4.98 Å². The smallest absolute Gasteiger partial charge is 0.387 e. The van der Waals surface area contributed by atoms with E-state index in [9.17, 15) is 26.7 Å². The van der Waals surface area contributed by atoms with Gasteiger partial charge in [0.2, 0.25) is 5.88 Å². The van der Waals surface area contributed by atoms with Gasteiger partial charge in [0.05, 0.1) is 11.1 Å². The number of hydrogen-bond donors (Lipinski definition) is 1. The Balaban J connectivity index is 3.28. The second kappa shape index (κ2) is 4.52. The molecule has 0 spiro atoms. The summed E-state index contributed by atoms with van der Waals surface area (Å²) in [5.41, 5.74) is 3.50. The van der Waals surface area contributed by atoms with E-state index in [4.69, 9.17) is 5.73 Å². The highest BCUT2D eigenvalue weighted by Crippen LogP contribution is 2.33. The molecule has 4 nitrogen and oxygen atoms in total. The highest BCUT2D eigenvalue weighted by atomic mass is 19.4. The molecule has 0 aliphatic carbocycles. The number of nitrogen functional groups attached to an aromatic ring is 1. The quantitative estimate of drug-likeness (QED) is 0.665. The number of nitrogens with zero attached hydrogens (tertiary/aromatic N) is 1. The van der Waals surface area contributed by atoms with Crippen molar-refractivity contribution in [3.05, 3.63) is 17.2 Å². The van der Waals surface area contributed by atoms with Crippen molar-refractivity contribution < 1.29 is 31.5 Å². The number of halogens is 5. The third-order valence-corrected chi connectivity index (χ3v) is 1.65. The first-order valence-electron chi connectivity index (χ1n) is 4.04. The number of aromatic nitrogens is 1. The molecule has 17 heavy (non-hydrogen) atoms. The SMILES string of the molecule is Nc1nc(OC(F)(F)F)c(C(F)F)cc1C=O. The number of pyridine rings is 1. The van der Waals surface area contributed by atoms with Gasteiger partial charge in [-0.05, 0) is 6.07 Å². The molecule has 0 aliphatic heterocycles. The molecule has 0 bridgehead atoms. The molecule has 9 heteroatoms. The van der Waals surface area contributed by atoms with Crippen molar-refractivity contribution in [2.75, 3.05) is 5.73 Å². The Morgan fingerprint density at radius 2 is 2.00 bits per heavy atom. The Morgan fingerprint density at radius 3 is 2.41 bits per heavy atom. The first-order valence-corrected chi connectivity index (χ1v) is 4.04. The van der Waals surface area contributed by atoms with Gasteiger partial charge in [-0.15, -0.1) is 13.2 Å². The van der Waals surface area contributed by atoms with E-state index >= 15 is 0 Å². The maximum atomic E-state index is 12.4. The highest BCUT2D eigenvalue weighted by molar-refractivity contribution is 5.82. The predicted molar refractivity (Wildman–Crippen MR) is 45.7 cm³/mol. The maximum Gasteiger partial charge on any atom is 0.574 e. The van der Waals surface area contributed by atoms with Gasteiger partial charge in [0.1, 0.15) is 5.82 Å². The monoisotopic (exact) mass is 256 g/mol. The molecule has 1 aromatic heterocycles. The van der Waals surface area contributed by atoms with Crippen molar-refractivity contribution in [3.63, 3.8) is 0 Å². The Labute approximate surface area is 91.2 Å². The second-order valence-corrected chi connectivity index (χ2v) is 2.82. The zero-order valence-corrected chi connectivity index (χ0v) is 7.96. The Hall–Kier alpha value is -1.93. The molecule has 1 aromatic rings. The van der Waals surface area contributed by atoms with Crippen LogP contribution in [0.3, 0.4) is 0 Å². The fraction of sp³-hybridized carbons (Fsp3) is 0.250. The van der Waals surface area contributed by atoms with Crippen LogP contribution in [0.15, 0.2) is 6.07 Å². The van der Waals surface area contributed by atoms with E-state index in [1.807, 2.05) is 0 Å². The lowest BCUT2D eigenvalue weighted by molar-refractivity contribution is -0.276. The number of carbonyl (C=O) groups is 1. The van der Waals surface area contributed by atoms with E-state index in [0.29, 0.717) is 6.07 Å². The lowest BCUT2D eigenvalue weighted by Crippen LogP contribution is -2.20. The number of rotatable bonds is 3. The topological polar surface area (TPSA) is 65.2 Å². The molecule has 0 fully saturated rings. The molecule has 0 saturated heterocycles. The lowest BCUT2D eigenvalue weighted by Gasteiger charge is -2.13. The molecule has 0 saturated carbocycles. The number of ether oxygens (including phenoxy) is 1. The molecule has 0 amide bonds. The summed E-state index contributed by atoms with van der Waals surface area (Å²) in [4.78, 5) is 13.3. The average Bonchev–Trinajstić information content (AvgIpc) is 2.14. The molecule has 2 N–H and O–H groups in total. The third-order valence-electron chi connectivity index (χ3n) is 1.65. The van der Waals surface area contributed by atoms with E-state index in [1.54, 1.807) is 0 Å². The van der Waals surface area contributed by atoms with Gasteiger partial charge in [-0.25, -0.2) is 8.78 Å². The van der Waals surface area contributed by atoms with Gasteiger partial charge in [0, 0.05) is 0 Å². The van der Waals surface area contributed by atoms with Gasteiger partial charge in [-0.1, -0.05) is 0 Å². The molecule has 1 rings (SSSR count). The van der Waals surface area contributed by atoms with Gasteiger partial charge in [0.25, 0.3) is 6.43 Å². The summed E-state index contributed by atoms with van der Waals surface area (Å²) in [6.45, 7) is 0. The minimum Gasteiger partial charge on any atom is -0.387 e. The summed E-state index contributed by atoms with van der Waals surface area (Å²) < 4.78 is 63.7. The summed E-state index contributed by atoms with van der Waals surface area (Å²) in [5, 5.41) is 0. The van der Waals surface area contributed by atoms with Crippen LogP contribution in [-0.2, 0) is 0 Å². The summed E-state index contributed by atoms with van der Waals surface area (Å²) in [5.74, 6) is -1.99. The number of alkyl halides is 5. The van der Waals surface area contributed by atoms with Crippen LogP contribution in [0.25, 0.3) is 0 Å². The Kier molecular flexibility index (Phi) is 3.49. The third kappa shape index (κ3) is 3.26. The van der Waals surface area contributed by atoms with Crippen molar-refractivity contribution in [3.8, 4) is 5.88 Å². The van der Waals surface area contributed by atoms with E-state index in [0.717, 1.165) is 0 Å².